The van der Waals surface area contributed by atoms with Gasteiger partial charge in [0, 0.05) is 5.56 Å². The maximum Gasteiger partial charge on any atom is 0.525 e. The van der Waals surface area contributed by atoms with Gasteiger partial charge in [-0.15, -0.1) is 0 Å². The van der Waals surface area contributed by atoms with E-state index in [2.05, 4.69) is 50.8 Å². The highest BCUT2D eigenvalue weighted by Gasteiger charge is 2.43. The third kappa shape index (κ3) is 12.3. The van der Waals surface area contributed by atoms with Crippen molar-refractivity contribution in [3.63, 3.8) is 0 Å². The molecule has 0 spiro atoms. The summed E-state index contributed by atoms with van der Waals surface area (Å²) in [5.74, 6) is 0.645. The van der Waals surface area contributed by atoms with Crippen LogP contribution in [-0.4, -0.2) is 60.6 Å². The van der Waals surface area contributed by atoms with E-state index >= 15 is 0 Å². The van der Waals surface area contributed by atoms with E-state index in [0.717, 1.165) is 59.5 Å². The second-order valence-corrected chi connectivity index (χ2v) is 15.5. The number of phosphoric acid groups is 1. The summed E-state index contributed by atoms with van der Waals surface area (Å²) in [6.45, 7) is 17.1. The van der Waals surface area contributed by atoms with Crippen LogP contribution < -0.4 is 4.74 Å². The van der Waals surface area contributed by atoms with Gasteiger partial charge in [0.2, 0.25) is 0 Å². The van der Waals surface area contributed by atoms with E-state index < -0.39 is 44.1 Å². The minimum atomic E-state index is -5.02. The highest BCUT2D eigenvalue weighted by Crippen LogP contribution is 2.45. The molecular weight excluding hydrogens is 627 g/mol. The number of esters is 1. The molecule has 1 aromatic rings. The van der Waals surface area contributed by atoms with Gasteiger partial charge in [-0.1, -0.05) is 72.6 Å². The van der Waals surface area contributed by atoms with Gasteiger partial charge in [-0.25, -0.2) is 9.36 Å². The van der Waals surface area contributed by atoms with Crippen molar-refractivity contribution in [1.82, 2.24) is 0 Å². The Morgan fingerprint density at radius 2 is 1.47 bits per heavy atom. The van der Waals surface area contributed by atoms with Gasteiger partial charge >= 0.3 is 13.8 Å². The Labute approximate surface area is 280 Å². The van der Waals surface area contributed by atoms with Crippen LogP contribution in [0, 0.1) is 38.5 Å². The molecule has 0 aromatic heterocycles. The van der Waals surface area contributed by atoms with E-state index in [1.807, 2.05) is 13.8 Å². The number of cyclic esters (lactones) is 1. The number of carbonyl (C=O) groups is 1. The van der Waals surface area contributed by atoms with Crippen molar-refractivity contribution in [2.45, 2.75) is 144 Å². The van der Waals surface area contributed by atoms with E-state index in [0.29, 0.717) is 5.75 Å². The van der Waals surface area contributed by atoms with Crippen LogP contribution in [0.25, 0.3) is 0 Å². The van der Waals surface area contributed by atoms with Crippen molar-refractivity contribution in [3.05, 3.63) is 33.8 Å². The molecule has 11 nitrogen and oxygen atoms in total. The SMILES string of the molecule is Cc1c(C)c2c(c(C)c1O)CC[C@@](C)(CCC[C@H](C)CCC[C@H](C)CCCC(C)C)O2.O=C1O[C@H]([C@@H](O)CO)C(O)=C1OP(=O)(O)O. The molecule has 0 saturated heterocycles. The van der Waals surface area contributed by atoms with Gasteiger partial charge in [0.05, 0.1) is 6.61 Å². The van der Waals surface area contributed by atoms with Crippen LogP contribution >= 0.6 is 7.82 Å². The highest BCUT2D eigenvalue weighted by molar-refractivity contribution is 7.46. The fourth-order valence-corrected chi connectivity index (χ4v) is 6.70. The van der Waals surface area contributed by atoms with Gasteiger partial charge < -0.3 is 34.4 Å². The van der Waals surface area contributed by atoms with Crippen molar-refractivity contribution in [2.24, 2.45) is 17.8 Å². The molecule has 2 aliphatic rings. The van der Waals surface area contributed by atoms with Crippen LogP contribution in [0.2, 0.25) is 0 Å². The van der Waals surface area contributed by atoms with Crippen molar-refractivity contribution in [2.75, 3.05) is 6.61 Å². The number of phenols is 1. The average Bonchev–Trinajstić information content (AvgIpc) is 3.26. The van der Waals surface area contributed by atoms with E-state index in [-0.39, 0.29) is 5.60 Å². The maximum absolute atomic E-state index is 11.0. The second-order valence-electron chi connectivity index (χ2n) is 14.3. The predicted octanol–water partition coefficient (Wildman–Crippen LogP) is 6.98. The lowest BCUT2D eigenvalue weighted by molar-refractivity contribution is -0.147. The Morgan fingerprint density at radius 1 is 0.915 bits per heavy atom. The van der Waals surface area contributed by atoms with E-state index in [1.165, 1.54) is 56.9 Å². The first kappa shape index (κ1) is 40.9. The Hall–Kier alpha value is -2.30. The van der Waals surface area contributed by atoms with Crippen molar-refractivity contribution >= 4 is 13.8 Å². The molecule has 0 saturated carbocycles. The zero-order valence-electron chi connectivity index (χ0n) is 29.5. The van der Waals surface area contributed by atoms with Crippen LogP contribution in [0.5, 0.6) is 11.5 Å². The molecule has 47 heavy (non-hydrogen) atoms. The van der Waals surface area contributed by atoms with Gasteiger partial charge in [-0.05, 0) is 87.8 Å². The summed E-state index contributed by atoms with van der Waals surface area (Å²) < 4.78 is 25.3. The topological polar surface area (TPSA) is 183 Å². The van der Waals surface area contributed by atoms with Crippen LogP contribution in [0.1, 0.15) is 121 Å². The zero-order valence-corrected chi connectivity index (χ0v) is 30.4. The minimum Gasteiger partial charge on any atom is -0.507 e. The standard InChI is InChI=1S/C29H50O2.C6H9O9P/c1-20(2)12-9-13-21(3)14-10-15-22(4)16-11-18-29(8)19-17-26-25(7)27(30)23(5)24(6)28(26)31-29;7-1-2(8)4-3(9)5(6(10)14-4)15-16(11,12)13/h20-22,30H,9-19H2,1-8H3;2,4,7-9H,1H2,(H2,11,12,13)/t21-,22-,29-;2-,4+/m10/s1. The Bertz CT molecular complexity index is 1270. The first-order chi connectivity index (χ1) is 21.8. The van der Waals surface area contributed by atoms with Crippen molar-refractivity contribution in [1.29, 1.82) is 0 Å². The summed E-state index contributed by atoms with van der Waals surface area (Å²) in [7, 11) is -5.02. The number of rotatable bonds is 16. The number of carbonyl (C=O) groups excluding carboxylic acids is 1. The molecular formula is C35H59O11P. The van der Waals surface area contributed by atoms with Gasteiger partial charge in [0.1, 0.15) is 23.2 Å². The Balaban J connectivity index is 0.000000403. The van der Waals surface area contributed by atoms with Gasteiger partial charge in [0.15, 0.2) is 11.9 Å². The molecule has 270 valence electrons. The van der Waals surface area contributed by atoms with Crippen molar-refractivity contribution in [3.8, 4) is 11.5 Å². The smallest absolute Gasteiger partial charge is 0.507 e. The number of aliphatic hydroxyl groups excluding tert-OH is 3. The number of hydrogen-bond acceptors (Lipinski definition) is 9. The summed E-state index contributed by atoms with van der Waals surface area (Å²) in [5, 5.41) is 37.3. The molecule has 0 fully saturated rings. The third-order valence-corrected chi connectivity index (χ3v) is 9.96. The van der Waals surface area contributed by atoms with Gasteiger partial charge in [-0.3, -0.25) is 9.79 Å². The summed E-state index contributed by atoms with van der Waals surface area (Å²) in [6, 6.07) is 0. The molecule has 0 amide bonds. The second kappa shape index (κ2) is 17.9. The summed E-state index contributed by atoms with van der Waals surface area (Å²) in [5.41, 5.74) is 4.23. The van der Waals surface area contributed by atoms with Gasteiger partial charge in [0.25, 0.3) is 5.76 Å². The van der Waals surface area contributed by atoms with Crippen molar-refractivity contribution < 1.29 is 53.6 Å². The number of hydrogen-bond donors (Lipinski definition) is 6. The molecule has 0 radical (unpaired) electrons. The molecule has 0 bridgehead atoms. The molecule has 0 unspecified atom stereocenters. The molecule has 2 heterocycles. The molecule has 6 N–H and O–H groups in total. The fourth-order valence-electron chi connectivity index (χ4n) is 6.29. The lowest BCUT2D eigenvalue weighted by Crippen LogP contribution is -2.37. The molecule has 12 heteroatoms. The lowest BCUT2D eigenvalue weighted by Gasteiger charge is -2.38. The third-order valence-electron chi connectivity index (χ3n) is 9.54. The normalized spacial score (nSPS) is 21.4. The zero-order chi connectivity index (χ0) is 35.7. The number of benzene rings is 1. The molecule has 2 aliphatic heterocycles. The average molecular weight is 687 g/mol. The Kier molecular flexibility index (Phi) is 15.6. The first-order valence-electron chi connectivity index (χ1n) is 17.0. The van der Waals surface area contributed by atoms with E-state index in [4.69, 9.17) is 24.7 Å². The lowest BCUT2D eigenvalue weighted by atomic mass is 9.84. The monoisotopic (exact) mass is 686 g/mol. The number of ether oxygens (including phenoxy) is 2. The van der Waals surface area contributed by atoms with Crippen LogP contribution in [0.15, 0.2) is 11.5 Å². The van der Waals surface area contributed by atoms with Crippen LogP contribution in [-0.2, 0) is 25.0 Å². The number of aromatic hydroxyl groups is 1. The summed E-state index contributed by atoms with van der Waals surface area (Å²) in [6.07, 6.45) is 10.8. The first-order valence-corrected chi connectivity index (χ1v) is 18.5. The maximum atomic E-state index is 11.0. The number of phosphoric ester groups is 1. The predicted molar refractivity (Wildman–Crippen MR) is 180 cm³/mol. The quantitative estimate of drug-likeness (QED) is 0.0779. The molecule has 5 atom stereocenters. The molecule has 3 rings (SSSR count). The highest BCUT2D eigenvalue weighted by atomic mass is 31.2. The van der Waals surface area contributed by atoms with E-state index in [1.54, 1.807) is 0 Å². The largest absolute Gasteiger partial charge is 0.525 e. The van der Waals surface area contributed by atoms with E-state index in [9.17, 15) is 19.6 Å². The minimum absolute atomic E-state index is 0.0712. The van der Waals surface area contributed by atoms with Crippen LogP contribution in [0.3, 0.4) is 0 Å². The fraction of sp³-hybridized carbons (Fsp3) is 0.743. The molecule has 0 aliphatic carbocycles. The molecule has 1 aromatic carbocycles. The Morgan fingerprint density at radius 3 is 2.00 bits per heavy atom. The number of phenolic OH excluding ortho intramolecular Hbond substituents is 1. The number of aliphatic hydroxyl groups is 3. The summed E-state index contributed by atoms with van der Waals surface area (Å²) >= 11 is 0. The summed E-state index contributed by atoms with van der Waals surface area (Å²) in [4.78, 5) is 27.8. The van der Waals surface area contributed by atoms with Gasteiger partial charge in [-0.2, -0.15) is 0 Å². The number of fused-ring (bicyclic) bond motifs is 1. The van der Waals surface area contributed by atoms with Crippen LogP contribution in [0.4, 0.5) is 0 Å².